The minimum absolute atomic E-state index is 0.0498. The largest absolute Gasteiger partial charge is 0.480 e. The Kier molecular flexibility index (Phi) is 8.27. The van der Waals surface area contributed by atoms with E-state index in [2.05, 4.69) is 0 Å². The van der Waals surface area contributed by atoms with E-state index in [0.29, 0.717) is 19.8 Å². The minimum Gasteiger partial charge on any atom is -0.480 e. The number of hydrogen-bond acceptors (Lipinski definition) is 4. The second-order valence-corrected chi connectivity index (χ2v) is 3.49. The summed E-state index contributed by atoms with van der Waals surface area (Å²) in [5, 5.41) is 8.74. The molecule has 1 atom stereocenters. The van der Waals surface area contributed by atoms with Crippen LogP contribution < -0.4 is 0 Å². The third-order valence-corrected chi connectivity index (χ3v) is 2.28. The van der Waals surface area contributed by atoms with Crippen LogP contribution >= 0.6 is 0 Å². The molecule has 5 heteroatoms. The fourth-order valence-electron chi connectivity index (χ4n) is 1.31. The first-order chi connectivity index (χ1) is 7.11. The molecular weight excluding hydrogens is 198 g/mol. The van der Waals surface area contributed by atoms with E-state index >= 15 is 0 Å². The van der Waals surface area contributed by atoms with Gasteiger partial charge < -0.3 is 14.6 Å². The zero-order valence-corrected chi connectivity index (χ0v) is 9.73. The zero-order chi connectivity index (χ0) is 11.7. The number of ether oxygens (including phenoxy) is 2. The molecule has 5 nitrogen and oxygen atoms in total. The van der Waals surface area contributed by atoms with E-state index in [1.807, 2.05) is 11.8 Å². The van der Waals surface area contributed by atoms with Crippen molar-refractivity contribution in [3.63, 3.8) is 0 Å². The summed E-state index contributed by atoms with van der Waals surface area (Å²) in [5.74, 6) is -0.810. The molecule has 0 amide bonds. The van der Waals surface area contributed by atoms with Crippen molar-refractivity contribution < 1.29 is 19.4 Å². The van der Waals surface area contributed by atoms with Crippen LogP contribution in [0.2, 0.25) is 0 Å². The van der Waals surface area contributed by atoms with E-state index in [1.165, 1.54) is 0 Å². The summed E-state index contributed by atoms with van der Waals surface area (Å²) in [6.45, 7) is 3.87. The molecule has 0 aliphatic rings. The highest BCUT2D eigenvalue weighted by atomic mass is 16.5. The molecule has 0 radical (unpaired) electrons. The molecule has 1 unspecified atom stereocenters. The Morgan fingerprint density at radius 3 is 2.40 bits per heavy atom. The fraction of sp³-hybridized carbons (Fsp3) is 0.900. The van der Waals surface area contributed by atoms with Gasteiger partial charge in [-0.1, -0.05) is 0 Å². The molecule has 15 heavy (non-hydrogen) atoms. The van der Waals surface area contributed by atoms with Gasteiger partial charge in [0.05, 0.1) is 13.2 Å². The maximum absolute atomic E-state index is 10.6. The molecule has 0 aromatic rings. The van der Waals surface area contributed by atoms with Gasteiger partial charge in [-0.15, -0.1) is 0 Å². The van der Waals surface area contributed by atoms with E-state index in [1.54, 1.807) is 14.2 Å². The minimum atomic E-state index is -0.810. The number of rotatable bonds is 9. The first-order valence-electron chi connectivity index (χ1n) is 5.05. The zero-order valence-electron chi connectivity index (χ0n) is 9.73. The third-order valence-electron chi connectivity index (χ3n) is 2.28. The van der Waals surface area contributed by atoms with E-state index in [-0.39, 0.29) is 12.6 Å². The van der Waals surface area contributed by atoms with Crippen molar-refractivity contribution in [2.24, 2.45) is 0 Å². The topological polar surface area (TPSA) is 59.0 Å². The Hall–Kier alpha value is -0.650. The average Bonchev–Trinajstić information content (AvgIpc) is 2.20. The van der Waals surface area contributed by atoms with Gasteiger partial charge in [0, 0.05) is 33.4 Å². The lowest BCUT2D eigenvalue weighted by Crippen LogP contribution is -2.40. The van der Waals surface area contributed by atoms with Crippen LogP contribution in [-0.2, 0) is 14.3 Å². The van der Waals surface area contributed by atoms with Crippen LogP contribution in [0.4, 0.5) is 0 Å². The van der Waals surface area contributed by atoms with Crippen LogP contribution in [0, 0.1) is 0 Å². The molecule has 0 rings (SSSR count). The summed E-state index contributed by atoms with van der Waals surface area (Å²) in [4.78, 5) is 12.5. The predicted octanol–water partition coefficient (Wildman–Crippen LogP) is 0.444. The Labute approximate surface area is 91.0 Å². The van der Waals surface area contributed by atoms with E-state index in [9.17, 15) is 4.79 Å². The number of nitrogens with zero attached hydrogens (tertiary/aromatic N) is 1. The first kappa shape index (κ1) is 14.3. The number of carbonyl (C=O) groups is 1. The van der Waals surface area contributed by atoms with Crippen molar-refractivity contribution in [2.75, 3.05) is 40.5 Å². The number of hydrogen-bond donors (Lipinski definition) is 1. The molecule has 1 N–H and O–H groups in total. The van der Waals surface area contributed by atoms with Gasteiger partial charge in [0.1, 0.15) is 0 Å². The Morgan fingerprint density at radius 1 is 1.33 bits per heavy atom. The van der Waals surface area contributed by atoms with Gasteiger partial charge in [-0.2, -0.15) is 0 Å². The van der Waals surface area contributed by atoms with Crippen molar-refractivity contribution >= 4 is 5.97 Å². The van der Waals surface area contributed by atoms with E-state index in [0.717, 1.165) is 6.42 Å². The molecule has 0 heterocycles. The molecule has 0 aliphatic carbocycles. The van der Waals surface area contributed by atoms with E-state index < -0.39 is 5.97 Å². The Morgan fingerprint density at radius 2 is 1.93 bits per heavy atom. The maximum atomic E-state index is 10.6. The normalized spacial score (nSPS) is 13.1. The van der Waals surface area contributed by atoms with Gasteiger partial charge in [0.15, 0.2) is 0 Å². The quantitative estimate of drug-likeness (QED) is 0.610. The number of aliphatic carboxylic acids is 1. The molecule has 0 saturated carbocycles. The van der Waals surface area contributed by atoms with Gasteiger partial charge in [0.25, 0.3) is 0 Å². The molecule has 0 saturated heterocycles. The molecule has 0 aliphatic heterocycles. The monoisotopic (exact) mass is 219 g/mol. The highest BCUT2D eigenvalue weighted by Crippen LogP contribution is 2.03. The first-order valence-corrected chi connectivity index (χ1v) is 5.05. The SMILES string of the molecule is COCCC(C)N(CCOC)CC(=O)O. The summed E-state index contributed by atoms with van der Waals surface area (Å²) in [6.07, 6.45) is 0.827. The summed E-state index contributed by atoms with van der Waals surface area (Å²) < 4.78 is 9.91. The molecular formula is C10H21NO4. The van der Waals surface area contributed by atoms with Gasteiger partial charge in [0.2, 0.25) is 0 Å². The lowest BCUT2D eigenvalue weighted by molar-refractivity contribution is -0.139. The van der Waals surface area contributed by atoms with Crippen LogP contribution in [0.3, 0.4) is 0 Å². The Balaban J connectivity index is 4.01. The second kappa shape index (κ2) is 8.64. The smallest absolute Gasteiger partial charge is 0.317 e. The van der Waals surface area contributed by atoms with Gasteiger partial charge in [-0.3, -0.25) is 9.69 Å². The van der Waals surface area contributed by atoms with E-state index in [4.69, 9.17) is 14.6 Å². The fourth-order valence-corrected chi connectivity index (χ4v) is 1.31. The van der Waals surface area contributed by atoms with Gasteiger partial charge in [-0.05, 0) is 13.3 Å². The molecule has 90 valence electrons. The lowest BCUT2D eigenvalue weighted by Gasteiger charge is -2.26. The van der Waals surface area contributed by atoms with Crippen molar-refractivity contribution in [1.82, 2.24) is 4.90 Å². The number of methoxy groups -OCH3 is 2. The number of carboxylic acid groups (broad SMARTS) is 1. The third kappa shape index (κ3) is 7.30. The molecule has 0 bridgehead atoms. The molecule has 0 spiro atoms. The van der Waals surface area contributed by atoms with Crippen LogP contribution in [-0.4, -0.2) is 62.5 Å². The summed E-state index contributed by atoms with van der Waals surface area (Å²) in [6, 6.07) is 0.191. The molecule has 0 fully saturated rings. The Bertz CT molecular complexity index is 175. The maximum Gasteiger partial charge on any atom is 0.317 e. The van der Waals surface area contributed by atoms with Crippen molar-refractivity contribution in [3.05, 3.63) is 0 Å². The highest BCUT2D eigenvalue weighted by molar-refractivity contribution is 5.69. The summed E-state index contributed by atoms with van der Waals surface area (Å²) in [7, 11) is 3.25. The van der Waals surface area contributed by atoms with Gasteiger partial charge >= 0.3 is 5.97 Å². The van der Waals surface area contributed by atoms with Crippen LogP contribution in [0.25, 0.3) is 0 Å². The lowest BCUT2D eigenvalue weighted by atomic mass is 10.2. The van der Waals surface area contributed by atoms with Crippen molar-refractivity contribution in [1.29, 1.82) is 0 Å². The molecule has 0 aromatic carbocycles. The van der Waals surface area contributed by atoms with Gasteiger partial charge in [-0.25, -0.2) is 0 Å². The highest BCUT2D eigenvalue weighted by Gasteiger charge is 2.16. The summed E-state index contributed by atoms with van der Waals surface area (Å²) in [5.41, 5.74) is 0. The van der Waals surface area contributed by atoms with Crippen LogP contribution in [0.5, 0.6) is 0 Å². The van der Waals surface area contributed by atoms with Crippen LogP contribution in [0.15, 0.2) is 0 Å². The van der Waals surface area contributed by atoms with Crippen molar-refractivity contribution in [2.45, 2.75) is 19.4 Å². The molecule has 0 aromatic heterocycles. The number of carboxylic acids is 1. The van der Waals surface area contributed by atoms with Crippen LogP contribution in [0.1, 0.15) is 13.3 Å². The summed E-state index contributed by atoms with van der Waals surface area (Å²) >= 11 is 0. The second-order valence-electron chi connectivity index (χ2n) is 3.49. The standard InChI is InChI=1S/C10H21NO4/c1-9(4-6-14-2)11(5-7-15-3)8-10(12)13/h9H,4-8H2,1-3H3,(H,12,13). The average molecular weight is 219 g/mol. The van der Waals surface area contributed by atoms with Crippen molar-refractivity contribution in [3.8, 4) is 0 Å². The predicted molar refractivity (Wildman–Crippen MR) is 57.0 cm³/mol.